The zero-order chi connectivity index (χ0) is 22.7. The van der Waals surface area contributed by atoms with Gasteiger partial charge in [0.05, 0.1) is 15.5 Å². The summed E-state index contributed by atoms with van der Waals surface area (Å²) < 4.78 is 0. The summed E-state index contributed by atoms with van der Waals surface area (Å²) in [5.41, 5.74) is 2.06. The molecule has 1 aliphatic heterocycles. The minimum Gasteiger partial charge on any atom is -0.286 e. The minimum atomic E-state index is -0.439. The number of carbonyl (C=O) groups is 1. The largest absolute Gasteiger partial charge is 0.286 e. The molecule has 0 radical (unpaired) electrons. The lowest BCUT2D eigenvalue weighted by molar-refractivity contribution is -0.387. The summed E-state index contributed by atoms with van der Waals surface area (Å²) in [7, 11) is 0. The van der Waals surface area contributed by atoms with Gasteiger partial charge in [-0.1, -0.05) is 60.8 Å². The number of hydrogen-bond donors (Lipinski definition) is 0. The van der Waals surface area contributed by atoms with E-state index in [2.05, 4.69) is 4.99 Å². The number of rotatable bonds is 5. The van der Waals surface area contributed by atoms with Crippen molar-refractivity contribution < 1.29 is 9.72 Å². The zero-order valence-electron chi connectivity index (χ0n) is 17.6. The summed E-state index contributed by atoms with van der Waals surface area (Å²) in [4.78, 5) is 32.3. The van der Waals surface area contributed by atoms with E-state index in [1.807, 2.05) is 68.4 Å². The fourth-order valence-electron chi connectivity index (χ4n) is 3.33. The molecule has 32 heavy (non-hydrogen) atoms. The van der Waals surface area contributed by atoms with Gasteiger partial charge in [-0.05, 0) is 48.9 Å². The van der Waals surface area contributed by atoms with Gasteiger partial charge in [0, 0.05) is 28.3 Å². The van der Waals surface area contributed by atoms with E-state index in [0.29, 0.717) is 16.6 Å². The second-order valence-electron chi connectivity index (χ2n) is 7.43. The van der Waals surface area contributed by atoms with Gasteiger partial charge in [0.15, 0.2) is 5.17 Å². The molecule has 1 unspecified atom stereocenters. The highest BCUT2D eigenvalue weighted by atomic mass is 32.2. The predicted octanol–water partition coefficient (Wildman–Crippen LogP) is 6.32. The van der Waals surface area contributed by atoms with E-state index in [0.717, 1.165) is 16.1 Å². The van der Waals surface area contributed by atoms with Crippen LogP contribution in [0.25, 0.3) is 0 Å². The Morgan fingerprint density at radius 2 is 1.91 bits per heavy atom. The molecule has 3 aromatic carbocycles. The van der Waals surface area contributed by atoms with Gasteiger partial charge >= 0.3 is 0 Å². The van der Waals surface area contributed by atoms with E-state index < -0.39 is 4.92 Å². The van der Waals surface area contributed by atoms with Gasteiger partial charge < -0.3 is 0 Å². The number of amides is 1. The summed E-state index contributed by atoms with van der Waals surface area (Å²) >= 11 is 2.83. The normalized spacial score (nSPS) is 17.0. The molecule has 4 rings (SSSR count). The lowest BCUT2D eigenvalue weighted by Crippen LogP contribution is -2.32. The molecule has 1 atom stereocenters. The van der Waals surface area contributed by atoms with Crippen molar-refractivity contribution in [1.82, 2.24) is 4.90 Å². The third kappa shape index (κ3) is 5.03. The van der Waals surface area contributed by atoms with Crippen LogP contribution in [0.5, 0.6) is 0 Å². The van der Waals surface area contributed by atoms with Crippen LogP contribution in [0.2, 0.25) is 0 Å². The molecule has 6 nitrogen and oxygen atoms in total. The lowest BCUT2D eigenvalue weighted by atomic mass is 10.1. The van der Waals surface area contributed by atoms with Gasteiger partial charge in [0.2, 0.25) is 0 Å². The molecule has 0 saturated carbocycles. The molecule has 3 aromatic rings. The van der Waals surface area contributed by atoms with Crippen molar-refractivity contribution in [1.29, 1.82) is 0 Å². The van der Waals surface area contributed by atoms with Crippen LogP contribution in [0.1, 0.15) is 22.8 Å². The molecule has 0 aromatic heterocycles. The van der Waals surface area contributed by atoms with Crippen LogP contribution < -0.4 is 0 Å². The third-order valence-electron chi connectivity index (χ3n) is 4.82. The molecular formula is C24H21N3O3S2. The van der Waals surface area contributed by atoms with Crippen LogP contribution in [0, 0.1) is 17.0 Å². The highest BCUT2D eigenvalue weighted by Crippen LogP contribution is 2.36. The van der Waals surface area contributed by atoms with Crippen LogP contribution in [0.15, 0.2) is 87.6 Å². The van der Waals surface area contributed by atoms with Crippen molar-refractivity contribution in [3.8, 4) is 0 Å². The first-order valence-corrected chi connectivity index (χ1v) is 11.8. The molecule has 1 aliphatic rings. The Hall–Kier alpha value is -3.10. The molecule has 1 saturated heterocycles. The molecule has 1 heterocycles. The van der Waals surface area contributed by atoms with Crippen LogP contribution in [-0.2, 0) is 0 Å². The van der Waals surface area contributed by atoms with E-state index in [-0.39, 0.29) is 22.4 Å². The molecular weight excluding hydrogens is 442 g/mol. The first-order chi connectivity index (χ1) is 15.4. The van der Waals surface area contributed by atoms with Crippen LogP contribution in [-0.4, -0.2) is 32.7 Å². The molecule has 162 valence electrons. The Labute approximate surface area is 194 Å². The van der Waals surface area contributed by atoms with Crippen LogP contribution >= 0.6 is 23.5 Å². The van der Waals surface area contributed by atoms with Crippen molar-refractivity contribution in [2.24, 2.45) is 4.99 Å². The third-order valence-corrected chi connectivity index (χ3v) is 6.97. The molecule has 1 fully saturated rings. The van der Waals surface area contributed by atoms with Crippen LogP contribution in [0.3, 0.4) is 0 Å². The Balaban J connectivity index is 1.64. The SMILES string of the molecule is Cc1cccc(N=C2SC(C)CN2C(=O)c2ccc(Sc3ccccc3)c([N+](=O)[O-])c2)c1. The summed E-state index contributed by atoms with van der Waals surface area (Å²) in [5.74, 6) is -0.285. The highest BCUT2D eigenvalue weighted by molar-refractivity contribution is 8.14. The summed E-state index contributed by atoms with van der Waals surface area (Å²) in [6.07, 6.45) is 0. The first-order valence-electron chi connectivity index (χ1n) is 10.1. The Morgan fingerprint density at radius 1 is 1.12 bits per heavy atom. The van der Waals surface area contributed by atoms with E-state index in [4.69, 9.17) is 0 Å². The van der Waals surface area contributed by atoms with E-state index in [9.17, 15) is 14.9 Å². The average Bonchev–Trinajstić information content (AvgIpc) is 3.14. The van der Waals surface area contributed by atoms with Gasteiger partial charge in [-0.15, -0.1) is 0 Å². The van der Waals surface area contributed by atoms with Crippen LogP contribution in [0.4, 0.5) is 11.4 Å². The van der Waals surface area contributed by atoms with Gasteiger partial charge in [-0.2, -0.15) is 0 Å². The van der Waals surface area contributed by atoms with Crippen molar-refractivity contribution in [3.05, 3.63) is 94.0 Å². The number of benzene rings is 3. The van der Waals surface area contributed by atoms with E-state index in [1.165, 1.54) is 29.6 Å². The number of nitro groups is 1. The molecule has 0 N–H and O–H groups in total. The lowest BCUT2D eigenvalue weighted by Gasteiger charge is -2.16. The van der Waals surface area contributed by atoms with Crippen molar-refractivity contribution in [2.45, 2.75) is 28.9 Å². The standard InChI is InChI=1S/C24H21N3O3S2/c1-16-7-6-8-19(13-16)25-24-26(15-17(2)31-24)23(28)18-11-12-22(21(14-18)27(29)30)32-20-9-4-3-5-10-20/h3-14,17H,15H2,1-2H3. The number of aliphatic imine (C=N–C) groups is 1. The second-order valence-corrected chi connectivity index (χ2v) is 9.95. The number of hydrogen-bond acceptors (Lipinski definition) is 6. The fourth-order valence-corrected chi connectivity index (χ4v) is 5.28. The monoisotopic (exact) mass is 463 g/mol. The maximum Gasteiger partial charge on any atom is 0.284 e. The zero-order valence-corrected chi connectivity index (χ0v) is 19.2. The van der Waals surface area contributed by atoms with Crippen molar-refractivity contribution in [3.63, 3.8) is 0 Å². The molecule has 0 aliphatic carbocycles. The minimum absolute atomic E-state index is 0.0817. The van der Waals surface area contributed by atoms with Crippen molar-refractivity contribution >= 4 is 46.0 Å². The highest BCUT2D eigenvalue weighted by Gasteiger charge is 2.32. The maximum atomic E-state index is 13.3. The number of aryl methyl sites for hydroxylation is 1. The van der Waals surface area contributed by atoms with Gasteiger partial charge in [0.1, 0.15) is 0 Å². The smallest absolute Gasteiger partial charge is 0.284 e. The second kappa shape index (κ2) is 9.58. The average molecular weight is 464 g/mol. The summed E-state index contributed by atoms with van der Waals surface area (Å²) in [6, 6.07) is 21.9. The maximum absolute atomic E-state index is 13.3. The van der Waals surface area contributed by atoms with Gasteiger partial charge in [-0.25, -0.2) is 4.99 Å². The molecule has 0 spiro atoms. The number of carbonyl (C=O) groups excluding carboxylic acids is 1. The Bertz CT molecular complexity index is 1200. The number of thioether (sulfide) groups is 1. The Kier molecular flexibility index (Phi) is 6.62. The fraction of sp³-hybridized carbons (Fsp3) is 0.167. The Morgan fingerprint density at radius 3 is 2.62 bits per heavy atom. The first kappa shape index (κ1) is 22.1. The quantitative estimate of drug-likeness (QED) is 0.327. The summed E-state index contributed by atoms with van der Waals surface area (Å²) in [5, 5.41) is 12.5. The predicted molar refractivity (Wildman–Crippen MR) is 130 cm³/mol. The van der Waals surface area contributed by atoms with E-state index >= 15 is 0 Å². The topological polar surface area (TPSA) is 75.8 Å². The van der Waals surface area contributed by atoms with Gasteiger partial charge in [0.25, 0.3) is 11.6 Å². The van der Waals surface area contributed by atoms with E-state index in [1.54, 1.807) is 17.0 Å². The van der Waals surface area contributed by atoms with Crippen molar-refractivity contribution in [2.75, 3.05) is 6.54 Å². The molecule has 0 bridgehead atoms. The summed E-state index contributed by atoms with van der Waals surface area (Å²) in [6.45, 7) is 4.53. The molecule has 8 heteroatoms. The molecule has 1 amide bonds. The number of nitrogens with zero attached hydrogens (tertiary/aromatic N) is 3. The number of amidine groups is 1. The van der Waals surface area contributed by atoms with Gasteiger partial charge in [-0.3, -0.25) is 19.8 Å². The number of nitro benzene ring substituents is 1.